The van der Waals surface area contributed by atoms with E-state index in [0.29, 0.717) is 27.1 Å². The quantitative estimate of drug-likeness (QED) is 0.722. The van der Waals surface area contributed by atoms with Crippen LogP contribution in [-0.4, -0.2) is 15.3 Å². The molecule has 0 atom stereocenters. The standard InChI is InChI=1S/C17H15Cl2N3O/c1-9-4-10(2)6-13(5-9)21-17(23)15-11(3)20-16-14(19)7-12(18)8-22(15)16/h4-8H,1-3H3,(H,21,23). The molecule has 2 aromatic heterocycles. The molecule has 0 fully saturated rings. The number of fused-ring (bicyclic) bond motifs is 1. The number of rotatable bonds is 2. The zero-order chi connectivity index (χ0) is 16.7. The third-order valence-electron chi connectivity index (χ3n) is 3.51. The fourth-order valence-electron chi connectivity index (χ4n) is 2.70. The van der Waals surface area contributed by atoms with Gasteiger partial charge in [0.2, 0.25) is 0 Å². The molecule has 0 aliphatic rings. The lowest BCUT2D eigenvalue weighted by molar-refractivity contribution is 0.102. The third kappa shape index (κ3) is 3.05. The molecule has 0 radical (unpaired) electrons. The number of nitrogens with one attached hydrogen (secondary N) is 1. The number of halogens is 2. The zero-order valence-corrected chi connectivity index (χ0v) is 14.5. The summed E-state index contributed by atoms with van der Waals surface area (Å²) < 4.78 is 1.62. The number of pyridine rings is 1. The van der Waals surface area contributed by atoms with E-state index >= 15 is 0 Å². The number of hydrogen-bond acceptors (Lipinski definition) is 2. The first-order valence-corrected chi connectivity index (χ1v) is 7.84. The normalized spacial score (nSPS) is 11.0. The lowest BCUT2D eigenvalue weighted by Crippen LogP contribution is -2.15. The van der Waals surface area contributed by atoms with Crippen molar-refractivity contribution in [3.8, 4) is 0 Å². The van der Waals surface area contributed by atoms with Crippen molar-refractivity contribution in [3.05, 3.63) is 63.0 Å². The SMILES string of the molecule is Cc1cc(C)cc(NC(=O)c2c(C)nc3c(Cl)cc(Cl)cn23)c1. The summed E-state index contributed by atoms with van der Waals surface area (Å²) in [5.41, 5.74) is 4.44. The number of amides is 1. The van der Waals surface area contributed by atoms with Gasteiger partial charge in [-0.05, 0) is 50.1 Å². The first-order chi connectivity index (χ1) is 10.8. The van der Waals surface area contributed by atoms with Crippen LogP contribution in [0.1, 0.15) is 27.3 Å². The molecule has 23 heavy (non-hydrogen) atoms. The average molecular weight is 348 g/mol. The summed E-state index contributed by atoms with van der Waals surface area (Å²) in [6.45, 7) is 5.75. The van der Waals surface area contributed by atoms with Gasteiger partial charge < -0.3 is 5.32 Å². The van der Waals surface area contributed by atoms with E-state index in [1.807, 2.05) is 26.0 Å². The molecule has 1 amide bonds. The summed E-state index contributed by atoms with van der Waals surface area (Å²) >= 11 is 12.2. The first kappa shape index (κ1) is 15.8. The van der Waals surface area contributed by atoms with Crippen molar-refractivity contribution in [1.82, 2.24) is 9.38 Å². The van der Waals surface area contributed by atoms with Gasteiger partial charge in [-0.15, -0.1) is 0 Å². The summed E-state index contributed by atoms with van der Waals surface area (Å²) in [6, 6.07) is 7.50. The molecule has 0 aliphatic heterocycles. The van der Waals surface area contributed by atoms with Crippen LogP contribution in [0, 0.1) is 20.8 Å². The maximum atomic E-state index is 12.7. The molecular weight excluding hydrogens is 333 g/mol. The van der Waals surface area contributed by atoms with Gasteiger partial charge in [-0.25, -0.2) is 4.98 Å². The highest BCUT2D eigenvalue weighted by Crippen LogP contribution is 2.25. The summed E-state index contributed by atoms with van der Waals surface area (Å²) in [4.78, 5) is 17.1. The second kappa shape index (κ2) is 5.87. The Labute approximate surface area is 144 Å². The molecule has 2 heterocycles. The Bertz CT molecular complexity index is 911. The minimum Gasteiger partial charge on any atom is -0.321 e. The molecule has 0 bridgehead atoms. The third-order valence-corrected chi connectivity index (χ3v) is 4.00. The number of anilines is 1. The van der Waals surface area contributed by atoms with Crippen molar-refractivity contribution in [2.45, 2.75) is 20.8 Å². The number of aryl methyl sites for hydroxylation is 3. The van der Waals surface area contributed by atoms with Gasteiger partial charge in [0.15, 0.2) is 5.65 Å². The summed E-state index contributed by atoms with van der Waals surface area (Å²) in [5, 5.41) is 3.77. The summed E-state index contributed by atoms with van der Waals surface area (Å²) in [5.74, 6) is -0.252. The van der Waals surface area contributed by atoms with Crippen LogP contribution in [0.25, 0.3) is 5.65 Å². The van der Waals surface area contributed by atoms with Gasteiger partial charge in [-0.3, -0.25) is 9.20 Å². The van der Waals surface area contributed by atoms with E-state index in [9.17, 15) is 4.79 Å². The van der Waals surface area contributed by atoms with Crippen LogP contribution in [0.4, 0.5) is 5.69 Å². The Morgan fingerprint density at radius 2 is 1.74 bits per heavy atom. The predicted octanol–water partition coefficient (Wildman–Crippen LogP) is 4.82. The van der Waals surface area contributed by atoms with Gasteiger partial charge in [-0.2, -0.15) is 0 Å². The molecule has 3 aromatic rings. The fraction of sp³-hybridized carbons (Fsp3) is 0.176. The maximum Gasteiger partial charge on any atom is 0.274 e. The Balaban J connectivity index is 2.05. The lowest BCUT2D eigenvalue weighted by Gasteiger charge is -2.08. The number of nitrogens with zero attached hydrogens (tertiary/aromatic N) is 2. The summed E-state index contributed by atoms with van der Waals surface area (Å²) in [7, 11) is 0. The largest absolute Gasteiger partial charge is 0.321 e. The Morgan fingerprint density at radius 1 is 1.09 bits per heavy atom. The highest BCUT2D eigenvalue weighted by Gasteiger charge is 2.19. The molecule has 1 aromatic carbocycles. The van der Waals surface area contributed by atoms with Crippen molar-refractivity contribution < 1.29 is 4.79 Å². The second-order valence-corrected chi connectivity index (χ2v) is 6.42. The molecule has 0 saturated carbocycles. The fourth-order valence-corrected chi connectivity index (χ4v) is 3.21. The maximum absolute atomic E-state index is 12.7. The number of carbonyl (C=O) groups excluding carboxylic acids is 1. The molecule has 0 saturated heterocycles. The smallest absolute Gasteiger partial charge is 0.274 e. The summed E-state index contributed by atoms with van der Waals surface area (Å²) in [6.07, 6.45) is 1.64. The van der Waals surface area contributed by atoms with Gasteiger partial charge in [0.05, 0.1) is 15.7 Å². The van der Waals surface area contributed by atoms with Crippen molar-refractivity contribution in [2.75, 3.05) is 5.32 Å². The first-order valence-electron chi connectivity index (χ1n) is 7.08. The Morgan fingerprint density at radius 3 is 2.39 bits per heavy atom. The highest BCUT2D eigenvalue weighted by atomic mass is 35.5. The van der Waals surface area contributed by atoms with Crippen LogP contribution in [0.5, 0.6) is 0 Å². The molecule has 0 unspecified atom stereocenters. The van der Waals surface area contributed by atoms with Gasteiger partial charge >= 0.3 is 0 Å². The van der Waals surface area contributed by atoms with Gasteiger partial charge in [0, 0.05) is 11.9 Å². The van der Waals surface area contributed by atoms with E-state index in [1.165, 1.54) is 0 Å². The minimum atomic E-state index is -0.252. The molecule has 0 spiro atoms. The monoisotopic (exact) mass is 347 g/mol. The molecule has 4 nitrogen and oxygen atoms in total. The van der Waals surface area contributed by atoms with Crippen molar-refractivity contribution >= 4 is 40.4 Å². The van der Waals surface area contributed by atoms with Crippen LogP contribution >= 0.6 is 23.2 Å². The van der Waals surface area contributed by atoms with Gasteiger partial charge in [-0.1, -0.05) is 29.3 Å². The van der Waals surface area contributed by atoms with E-state index in [1.54, 1.807) is 23.6 Å². The minimum absolute atomic E-state index is 0.252. The molecule has 0 aliphatic carbocycles. The Hall–Kier alpha value is -2.04. The predicted molar refractivity (Wildman–Crippen MR) is 93.8 cm³/mol. The number of benzene rings is 1. The van der Waals surface area contributed by atoms with Crippen LogP contribution in [0.3, 0.4) is 0 Å². The number of hydrogen-bond donors (Lipinski definition) is 1. The van der Waals surface area contributed by atoms with E-state index in [4.69, 9.17) is 23.2 Å². The molecule has 6 heteroatoms. The molecule has 118 valence electrons. The van der Waals surface area contributed by atoms with Crippen LogP contribution in [0.2, 0.25) is 10.0 Å². The molecular formula is C17H15Cl2N3O. The molecule has 1 N–H and O–H groups in total. The van der Waals surface area contributed by atoms with Gasteiger partial charge in [0.1, 0.15) is 5.69 Å². The number of aromatic nitrogens is 2. The number of imidazole rings is 1. The number of carbonyl (C=O) groups is 1. The van der Waals surface area contributed by atoms with E-state index in [2.05, 4.69) is 16.4 Å². The van der Waals surface area contributed by atoms with E-state index < -0.39 is 0 Å². The lowest BCUT2D eigenvalue weighted by atomic mass is 10.1. The van der Waals surface area contributed by atoms with E-state index in [-0.39, 0.29) is 5.91 Å². The molecule has 3 rings (SSSR count). The second-order valence-electron chi connectivity index (χ2n) is 5.58. The average Bonchev–Trinajstić information content (AvgIpc) is 2.74. The van der Waals surface area contributed by atoms with Gasteiger partial charge in [0.25, 0.3) is 5.91 Å². The van der Waals surface area contributed by atoms with Crippen molar-refractivity contribution in [1.29, 1.82) is 0 Å². The van der Waals surface area contributed by atoms with E-state index in [0.717, 1.165) is 16.8 Å². The Kier molecular flexibility index (Phi) is 4.04. The van der Waals surface area contributed by atoms with Crippen LogP contribution < -0.4 is 5.32 Å². The van der Waals surface area contributed by atoms with Crippen LogP contribution in [-0.2, 0) is 0 Å². The zero-order valence-electron chi connectivity index (χ0n) is 12.9. The van der Waals surface area contributed by atoms with Crippen LogP contribution in [0.15, 0.2) is 30.5 Å². The topological polar surface area (TPSA) is 46.4 Å². The highest BCUT2D eigenvalue weighted by molar-refractivity contribution is 6.36. The van der Waals surface area contributed by atoms with Crippen molar-refractivity contribution in [3.63, 3.8) is 0 Å². The van der Waals surface area contributed by atoms with Crippen molar-refractivity contribution in [2.24, 2.45) is 0 Å².